The Labute approximate surface area is 61.0 Å². The van der Waals surface area contributed by atoms with Crippen molar-refractivity contribution >= 4 is 5.97 Å². The van der Waals surface area contributed by atoms with Gasteiger partial charge in [0.15, 0.2) is 0 Å². The number of esters is 1. The first kappa shape index (κ1) is 9.43. The van der Waals surface area contributed by atoms with Crippen LogP contribution in [0.2, 0.25) is 0 Å². The number of hydrogen-bond acceptors (Lipinski definition) is 3. The van der Waals surface area contributed by atoms with Gasteiger partial charge in [-0.25, -0.2) is 0 Å². The molecule has 3 nitrogen and oxygen atoms in total. The second-order valence-electron chi connectivity index (χ2n) is 2.32. The van der Waals surface area contributed by atoms with Crippen molar-refractivity contribution in [2.75, 3.05) is 13.2 Å². The number of hydrogen-bond donors (Lipinski definition) is 1. The average Bonchev–Trinajstić information content (AvgIpc) is 1.99. The molecule has 0 aliphatic rings. The van der Waals surface area contributed by atoms with Gasteiger partial charge in [0.2, 0.25) is 0 Å². The van der Waals surface area contributed by atoms with E-state index in [0.717, 1.165) is 0 Å². The summed E-state index contributed by atoms with van der Waals surface area (Å²) in [5.74, 6) is -0.157. The number of rotatable bonds is 4. The fourth-order valence-corrected chi connectivity index (χ4v) is 0.390. The molecule has 1 N–H and O–H groups in total. The van der Waals surface area contributed by atoms with E-state index in [1.807, 2.05) is 6.92 Å². The quantitative estimate of drug-likeness (QED) is 0.590. The van der Waals surface area contributed by atoms with Crippen LogP contribution in [0.1, 0.15) is 20.3 Å². The lowest BCUT2D eigenvalue weighted by atomic mass is 10.2. The molecule has 0 heterocycles. The summed E-state index contributed by atoms with van der Waals surface area (Å²) in [5, 5.41) is 8.53. The van der Waals surface area contributed by atoms with Crippen LogP contribution in [0.3, 0.4) is 0 Å². The predicted molar refractivity (Wildman–Crippen MR) is 37.5 cm³/mol. The predicted octanol–water partition coefficient (Wildman–Crippen LogP) is 0.568. The van der Waals surface area contributed by atoms with Crippen LogP contribution in [0.15, 0.2) is 0 Å². The number of carbonyl (C=O) groups is 1. The van der Waals surface area contributed by atoms with Crippen LogP contribution in [0.25, 0.3) is 0 Å². The van der Waals surface area contributed by atoms with Gasteiger partial charge in [-0.15, -0.1) is 0 Å². The molecule has 0 fully saturated rings. The zero-order valence-electron chi connectivity index (χ0n) is 6.46. The van der Waals surface area contributed by atoms with Crippen LogP contribution in [-0.4, -0.2) is 24.3 Å². The van der Waals surface area contributed by atoms with E-state index >= 15 is 0 Å². The van der Waals surface area contributed by atoms with Crippen LogP contribution >= 0.6 is 0 Å². The highest BCUT2D eigenvalue weighted by Gasteiger charge is 2.02. The smallest absolute Gasteiger partial charge is 0.305 e. The van der Waals surface area contributed by atoms with E-state index in [1.54, 1.807) is 6.92 Å². The molecular weight excluding hydrogens is 132 g/mol. The molecule has 0 radical (unpaired) electrons. The molecular formula is C7H14O3. The van der Waals surface area contributed by atoms with Gasteiger partial charge in [-0.3, -0.25) is 4.79 Å². The molecule has 0 aliphatic heterocycles. The highest BCUT2D eigenvalue weighted by molar-refractivity contribution is 5.68. The summed E-state index contributed by atoms with van der Waals surface area (Å²) in [4.78, 5) is 10.5. The fourth-order valence-electron chi connectivity index (χ4n) is 0.390. The standard InChI is InChI=1S/C7H14O3/c1-3-7(9)10-5-6(2)4-8/h6,8H,3-5H2,1-2H3. The lowest BCUT2D eigenvalue weighted by molar-refractivity contribution is -0.144. The molecule has 0 aromatic rings. The van der Waals surface area contributed by atoms with Crippen molar-refractivity contribution in [3.63, 3.8) is 0 Å². The number of aliphatic hydroxyl groups is 1. The molecule has 0 aromatic carbocycles. The molecule has 0 saturated heterocycles. The summed E-state index contributed by atoms with van der Waals surface area (Å²) < 4.78 is 4.74. The van der Waals surface area contributed by atoms with E-state index in [2.05, 4.69) is 0 Å². The molecule has 0 aromatic heterocycles. The van der Waals surface area contributed by atoms with Gasteiger partial charge in [0.25, 0.3) is 0 Å². The van der Waals surface area contributed by atoms with Gasteiger partial charge in [0, 0.05) is 18.9 Å². The zero-order valence-corrected chi connectivity index (χ0v) is 6.46. The maximum Gasteiger partial charge on any atom is 0.305 e. The van der Waals surface area contributed by atoms with Crippen LogP contribution in [0.4, 0.5) is 0 Å². The normalized spacial score (nSPS) is 12.7. The third-order valence-electron chi connectivity index (χ3n) is 1.13. The van der Waals surface area contributed by atoms with Gasteiger partial charge >= 0.3 is 5.97 Å². The highest BCUT2D eigenvalue weighted by Crippen LogP contribution is 1.94. The first-order chi connectivity index (χ1) is 4.70. The monoisotopic (exact) mass is 146 g/mol. The zero-order chi connectivity index (χ0) is 7.98. The van der Waals surface area contributed by atoms with Crippen molar-refractivity contribution in [1.29, 1.82) is 0 Å². The number of carbonyl (C=O) groups excluding carboxylic acids is 1. The number of aliphatic hydroxyl groups excluding tert-OH is 1. The summed E-state index contributed by atoms with van der Waals surface area (Å²) in [6.07, 6.45) is 0.401. The molecule has 0 amide bonds. The van der Waals surface area contributed by atoms with Crippen LogP contribution in [0.5, 0.6) is 0 Å². The molecule has 0 saturated carbocycles. The topological polar surface area (TPSA) is 46.5 Å². The molecule has 3 heteroatoms. The Balaban J connectivity index is 3.26. The Hall–Kier alpha value is -0.570. The van der Waals surface area contributed by atoms with Crippen molar-refractivity contribution in [1.82, 2.24) is 0 Å². The fraction of sp³-hybridized carbons (Fsp3) is 0.857. The van der Waals surface area contributed by atoms with Crippen molar-refractivity contribution in [3.8, 4) is 0 Å². The van der Waals surface area contributed by atoms with E-state index in [0.29, 0.717) is 13.0 Å². The van der Waals surface area contributed by atoms with Gasteiger partial charge < -0.3 is 9.84 Å². The van der Waals surface area contributed by atoms with Gasteiger partial charge in [-0.05, 0) is 0 Å². The minimum absolute atomic E-state index is 0.0514. The lowest BCUT2D eigenvalue weighted by Crippen LogP contribution is -2.13. The van der Waals surface area contributed by atoms with Crippen LogP contribution < -0.4 is 0 Å². The summed E-state index contributed by atoms with van der Waals surface area (Å²) in [6.45, 7) is 3.95. The molecule has 0 spiro atoms. The number of ether oxygens (including phenoxy) is 1. The van der Waals surface area contributed by atoms with Crippen LogP contribution in [-0.2, 0) is 9.53 Å². The van der Waals surface area contributed by atoms with Crippen molar-refractivity contribution < 1.29 is 14.6 Å². The van der Waals surface area contributed by atoms with E-state index in [1.165, 1.54) is 0 Å². The van der Waals surface area contributed by atoms with E-state index in [4.69, 9.17) is 9.84 Å². The molecule has 1 unspecified atom stereocenters. The summed E-state index contributed by atoms with van der Waals surface area (Å²) in [7, 11) is 0. The Bertz CT molecular complexity index is 101. The Kier molecular flexibility index (Phi) is 4.94. The maximum absolute atomic E-state index is 10.5. The summed E-state index contributed by atoms with van der Waals surface area (Å²) >= 11 is 0. The molecule has 0 rings (SSSR count). The maximum atomic E-state index is 10.5. The Morgan fingerprint density at radius 3 is 2.70 bits per heavy atom. The minimum atomic E-state index is -0.208. The molecule has 10 heavy (non-hydrogen) atoms. The van der Waals surface area contributed by atoms with E-state index in [9.17, 15) is 4.79 Å². The second kappa shape index (κ2) is 5.23. The SMILES string of the molecule is CCC(=O)OCC(C)CO. The van der Waals surface area contributed by atoms with Crippen LogP contribution in [0, 0.1) is 5.92 Å². The minimum Gasteiger partial charge on any atom is -0.465 e. The van der Waals surface area contributed by atoms with Gasteiger partial charge in [0.05, 0.1) is 6.61 Å². The van der Waals surface area contributed by atoms with Crippen molar-refractivity contribution in [2.45, 2.75) is 20.3 Å². The van der Waals surface area contributed by atoms with Gasteiger partial charge in [0.1, 0.15) is 0 Å². The van der Waals surface area contributed by atoms with E-state index < -0.39 is 0 Å². The molecule has 60 valence electrons. The molecule has 1 atom stereocenters. The van der Waals surface area contributed by atoms with Crippen molar-refractivity contribution in [2.24, 2.45) is 5.92 Å². The Morgan fingerprint density at radius 2 is 2.30 bits per heavy atom. The van der Waals surface area contributed by atoms with Gasteiger partial charge in [-0.2, -0.15) is 0 Å². The Morgan fingerprint density at radius 1 is 1.70 bits per heavy atom. The second-order valence-corrected chi connectivity index (χ2v) is 2.32. The highest BCUT2D eigenvalue weighted by atomic mass is 16.5. The first-order valence-electron chi connectivity index (χ1n) is 3.47. The molecule has 0 aliphatic carbocycles. The molecule has 0 bridgehead atoms. The van der Waals surface area contributed by atoms with E-state index in [-0.39, 0.29) is 18.5 Å². The average molecular weight is 146 g/mol. The first-order valence-corrected chi connectivity index (χ1v) is 3.47. The summed E-state index contributed by atoms with van der Waals surface area (Å²) in [6, 6.07) is 0. The third kappa shape index (κ3) is 4.32. The largest absolute Gasteiger partial charge is 0.465 e. The third-order valence-corrected chi connectivity index (χ3v) is 1.13. The lowest BCUT2D eigenvalue weighted by Gasteiger charge is -2.07. The summed E-state index contributed by atoms with van der Waals surface area (Å²) in [5.41, 5.74) is 0. The van der Waals surface area contributed by atoms with Crippen molar-refractivity contribution in [3.05, 3.63) is 0 Å². The van der Waals surface area contributed by atoms with Gasteiger partial charge in [-0.1, -0.05) is 13.8 Å².